The number of aliphatic hydroxyl groups is 1. The third kappa shape index (κ3) is 2.91. The van der Waals surface area contributed by atoms with E-state index in [0.717, 1.165) is 12.1 Å². The Labute approximate surface area is 109 Å². The van der Waals surface area contributed by atoms with Gasteiger partial charge in [-0.05, 0) is 17.7 Å². The highest BCUT2D eigenvalue weighted by atomic mass is 32.2. The molecule has 0 unspecified atom stereocenters. The van der Waals surface area contributed by atoms with E-state index in [1.54, 1.807) is 13.2 Å². The van der Waals surface area contributed by atoms with Crippen LogP contribution >= 0.6 is 0 Å². The van der Waals surface area contributed by atoms with Crippen LogP contribution in [0.1, 0.15) is 5.56 Å². The molecule has 0 atom stereocenters. The number of sulfonamides is 1. The van der Waals surface area contributed by atoms with Gasteiger partial charge in [-0.3, -0.25) is 9.40 Å². The smallest absolute Gasteiger partial charge is 0.266 e. The summed E-state index contributed by atoms with van der Waals surface area (Å²) in [6, 6.07) is 4.88. The van der Waals surface area contributed by atoms with E-state index < -0.39 is 20.7 Å². The second-order valence-electron chi connectivity index (χ2n) is 3.90. The second kappa shape index (κ2) is 4.98. The molecule has 0 amide bonds. The number of rotatable bonds is 4. The third-order valence-electron chi connectivity index (χ3n) is 2.42. The maximum Gasteiger partial charge on any atom is 0.266 e. The Morgan fingerprint density at radius 2 is 2.16 bits per heavy atom. The van der Waals surface area contributed by atoms with Gasteiger partial charge < -0.3 is 5.11 Å². The van der Waals surface area contributed by atoms with E-state index >= 15 is 0 Å². The monoisotopic (exact) mass is 285 g/mol. The maximum absolute atomic E-state index is 13.7. The molecule has 1 aromatic heterocycles. The Balaban J connectivity index is 2.34. The van der Waals surface area contributed by atoms with Crippen LogP contribution in [-0.2, 0) is 23.7 Å². The molecule has 8 heteroatoms. The molecule has 0 radical (unpaired) electrons. The van der Waals surface area contributed by atoms with Gasteiger partial charge in [-0.15, -0.1) is 0 Å². The summed E-state index contributed by atoms with van der Waals surface area (Å²) < 4.78 is 41.2. The van der Waals surface area contributed by atoms with Gasteiger partial charge in [-0.1, -0.05) is 6.07 Å². The van der Waals surface area contributed by atoms with E-state index in [2.05, 4.69) is 9.82 Å². The van der Waals surface area contributed by atoms with Gasteiger partial charge in [0.05, 0.1) is 6.61 Å². The Hall–Kier alpha value is -1.93. The lowest BCUT2D eigenvalue weighted by atomic mass is 10.2. The number of benzene rings is 1. The number of nitrogens with one attached hydrogen (secondary N) is 1. The minimum absolute atomic E-state index is 0.105. The molecule has 0 spiro atoms. The van der Waals surface area contributed by atoms with Gasteiger partial charge in [-0.2, -0.15) is 5.10 Å². The molecule has 102 valence electrons. The molecule has 2 aromatic rings. The first kappa shape index (κ1) is 13.5. The molecule has 2 N–H and O–H groups in total. The van der Waals surface area contributed by atoms with Crippen LogP contribution in [0.2, 0.25) is 0 Å². The van der Waals surface area contributed by atoms with E-state index in [-0.39, 0.29) is 12.4 Å². The van der Waals surface area contributed by atoms with Crippen molar-refractivity contribution < 1.29 is 17.9 Å². The predicted octanol–water partition coefficient (Wildman–Crippen LogP) is 0.852. The molecule has 0 aliphatic rings. The van der Waals surface area contributed by atoms with Crippen LogP contribution in [0.15, 0.2) is 35.4 Å². The third-order valence-corrected chi connectivity index (χ3v) is 3.81. The first-order chi connectivity index (χ1) is 8.92. The van der Waals surface area contributed by atoms with Gasteiger partial charge in [0.2, 0.25) is 0 Å². The molecule has 1 heterocycles. The quantitative estimate of drug-likeness (QED) is 0.872. The van der Waals surface area contributed by atoms with Gasteiger partial charge in [0, 0.05) is 19.3 Å². The van der Waals surface area contributed by atoms with Gasteiger partial charge in [-0.25, -0.2) is 12.8 Å². The average molecular weight is 285 g/mol. The molecule has 1 aromatic carbocycles. The van der Waals surface area contributed by atoms with Crippen LogP contribution in [0.5, 0.6) is 0 Å². The Morgan fingerprint density at radius 3 is 2.68 bits per heavy atom. The van der Waals surface area contributed by atoms with E-state index in [9.17, 15) is 12.8 Å². The Morgan fingerprint density at radius 1 is 1.42 bits per heavy atom. The van der Waals surface area contributed by atoms with Crippen LogP contribution < -0.4 is 4.72 Å². The summed E-state index contributed by atoms with van der Waals surface area (Å²) >= 11 is 0. The first-order valence-electron chi connectivity index (χ1n) is 5.34. The van der Waals surface area contributed by atoms with E-state index in [4.69, 9.17) is 5.11 Å². The second-order valence-corrected chi connectivity index (χ2v) is 5.55. The molecule has 0 bridgehead atoms. The summed E-state index contributed by atoms with van der Waals surface area (Å²) in [5.74, 6) is -0.817. The number of aromatic nitrogens is 2. The molecule has 0 aliphatic heterocycles. The molecule has 19 heavy (non-hydrogen) atoms. The van der Waals surface area contributed by atoms with Crippen molar-refractivity contribution >= 4 is 15.8 Å². The molecule has 0 fully saturated rings. The lowest BCUT2D eigenvalue weighted by Gasteiger charge is -2.07. The zero-order chi connectivity index (χ0) is 14.0. The zero-order valence-corrected chi connectivity index (χ0v) is 10.9. The topological polar surface area (TPSA) is 84.2 Å². The van der Waals surface area contributed by atoms with E-state index in [0.29, 0.717) is 5.56 Å². The highest BCUT2D eigenvalue weighted by Gasteiger charge is 2.20. The van der Waals surface area contributed by atoms with E-state index in [1.807, 2.05) is 0 Å². The minimum atomic E-state index is -4.04. The Kier molecular flexibility index (Phi) is 3.54. The summed E-state index contributed by atoms with van der Waals surface area (Å²) in [7, 11) is -2.40. The normalized spacial score (nSPS) is 11.5. The number of halogens is 1. The molecule has 2 rings (SSSR count). The fourth-order valence-corrected chi connectivity index (χ4v) is 2.58. The predicted molar refractivity (Wildman–Crippen MR) is 66.3 cm³/mol. The highest BCUT2D eigenvalue weighted by molar-refractivity contribution is 7.92. The van der Waals surface area contributed by atoms with Gasteiger partial charge in [0.25, 0.3) is 10.0 Å². The van der Waals surface area contributed by atoms with Gasteiger partial charge in [0.15, 0.2) is 5.82 Å². The molecule has 0 aliphatic carbocycles. The number of aryl methyl sites for hydroxylation is 1. The van der Waals surface area contributed by atoms with Crippen LogP contribution in [0.25, 0.3) is 0 Å². The molecular weight excluding hydrogens is 273 g/mol. The number of nitrogens with zero attached hydrogens (tertiary/aromatic N) is 2. The van der Waals surface area contributed by atoms with E-state index in [1.165, 1.54) is 16.8 Å². The van der Waals surface area contributed by atoms with Crippen molar-refractivity contribution in [2.75, 3.05) is 4.72 Å². The van der Waals surface area contributed by atoms with Crippen LogP contribution in [0, 0.1) is 5.82 Å². The average Bonchev–Trinajstić information content (AvgIpc) is 2.73. The maximum atomic E-state index is 13.7. The van der Waals surface area contributed by atoms with Crippen molar-refractivity contribution in [3.05, 3.63) is 41.8 Å². The lowest BCUT2D eigenvalue weighted by Crippen LogP contribution is -2.15. The van der Waals surface area contributed by atoms with Crippen molar-refractivity contribution in [3.63, 3.8) is 0 Å². The summed E-state index contributed by atoms with van der Waals surface area (Å²) in [6.45, 7) is -0.356. The number of aliphatic hydroxyl groups excluding tert-OH is 1. The first-order valence-corrected chi connectivity index (χ1v) is 6.82. The molecule has 0 saturated heterocycles. The van der Waals surface area contributed by atoms with Crippen LogP contribution in [-0.4, -0.2) is 23.3 Å². The number of hydrogen-bond donors (Lipinski definition) is 2. The van der Waals surface area contributed by atoms with Gasteiger partial charge in [0.1, 0.15) is 10.7 Å². The molecule has 0 saturated carbocycles. The van der Waals surface area contributed by atoms with Gasteiger partial charge >= 0.3 is 0 Å². The highest BCUT2D eigenvalue weighted by Crippen LogP contribution is 2.19. The SMILES string of the molecule is Cn1ccc(NS(=O)(=O)c2ccc(CO)cc2F)n1. The van der Waals surface area contributed by atoms with Crippen LogP contribution in [0.3, 0.4) is 0 Å². The zero-order valence-electron chi connectivity index (χ0n) is 10.0. The summed E-state index contributed by atoms with van der Waals surface area (Å²) in [6.07, 6.45) is 1.56. The number of anilines is 1. The Bertz CT molecular complexity index is 697. The van der Waals surface area contributed by atoms with Crippen molar-refractivity contribution in [1.82, 2.24) is 9.78 Å². The van der Waals surface area contributed by atoms with Crippen molar-refractivity contribution in [2.24, 2.45) is 7.05 Å². The number of hydrogen-bond acceptors (Lipinski definition) is 4. The van der Waals surface area contributed by atoms with Crippen molar-refractivity contribution in [2.45, 2.75) is 11.5 Å². The summed E-state index contributed by atoms with van der Waals surface area (Å²) in [4.78, 5) is -0.490. The summed E-state index contributed by atoms with van der Waals surface area (Å²) in [5, 5.41) is 12.7. The molecule has 6 nitrogen and oxygen atoms in total. The van der Waals surface area contributed by atoms with Crippen molar-refractivity contribution in [3.8, 4) is 0 Å². The van der Waals surface area contributed by atoms with Crippen molar-refractivity contribution in [1.29, 1.82) is 0 Å². The largest absolute Gasteiger partial charge is 0.392 e. The lowest BCUT2D eigenvalue weighted by molar-refractivity contribution is 0.281. The minimum Gasteiger partial charge on any atom is -0.392 e. The van der Waals surface area contributed by atoms with Crippen LogP contribution in [0.4, 0.5) is 10.2 Å². The molecular formula is C11H12FN3O3S. The summed E-state index contributed by atoms with van der Waals surface area (Å²) in [5.41, 5.74) is 0.300. The fourth-order valence-electron chi connectivity index (χ4n) is 1.52. The standard InChI is InChI=1S/C11H12FN3O3S/c1-15-5-4-11(13-15)14-19(17,18)10-3-2-8(7-16)6-9(10)12/h2-6,16H,7H2,1H3,(H,13,14). The fraction of sp³-hybridized carbons (Fsp3) is 0.182.